The van der Waals surface area contributed by atoms with Gasteiger partial charge in [0.2, 0.25) is 0 Å². The number of piperidine rings is 1. The summed E-state index contributed by atoms with van der Waals surface area (Å²) in [6.07, 6.45) is 2.12. The second-order valence-electron chi connectivity index (χ2n) is 7.96. The van der Waals surface area contributed by atoms with E-state index in [9.17, 15) is 9.90 Å². The van der Waals surface area contributed by atoms with Crippen LogP contribution in [0.3, 0.4) is 0 Å². The van der Waals surface area contributed by atoms with Crippen molar-refractivity contribution < 1.29 is 9.90 Å². The van der Waals surface area contributed by atoms with E-state index in [1.165, 1.54) is 5.56 Å². The number of carbonyl (C=O) groups is 1. The van der Waals surface area contributed by atoms with Crippen LogP contribution in [0.4, 0.5) is 4.79 Å². The van der Waals surface area contributed by atoms with Crippen molar-refractivity contribution >= 4 is 6.03 Å². The molecule has 1 aromatic rings. The van der Waals surface area contributed by atoms with Crippen LogP contribution in [0.2, 0.25) is 0 Å². The number of nitrogens with one attached hydrogen (secondary N) is 1. The van der Waals surface area contributed by atoms with Crippen molar-refractivity contribution in [2.75, 3.05) is 59.4 Å². The number of hydrogen-bond donors (Lipinski definition) is 2. The number of amides is 2. The molecule has 2 aliphatic heterocycles. The highest BCUT2D eigenvalue weighted by molar-refractivity contribution is 5.74. The number of rotatable bonds is 6. The third kappa shape index (κ3) is 6.19. The molecule has 2 saturated heterocycles. The fourth-order valence-electron chi connectivity index (χ4n) is 4.01. The highest BCUT2D eigenvalue weighted by Crippen LogP contribution is 2.23. The smallest absolute Gasteiger partial charge is 0.317 e. The first kappa shape index (κ1) is 20.1. The summed E-state index contributed by atoms with van der Waals surface area (Å²) in [5, 5.41) is 13.6. The summed E-state index contributed by atoms with van der Waals surface area (Å²) in [4.78, 5) is 19.0. The number of benzene rings is 1. The van der Waals surface area contributed by atoms with Gasteiger partial charge in [0.25, 0.3) is 0 Å². The Balaban J connectivity index is 1.33. The minimum Gasteiger partial charge on any atom is -0.392 e. The lowest BCUT2D eigenvalue weighted by molar-refractivity contribution is 0.0670. The molecule has 3 rings (SSSR count). The van der Waals surface area contributed by atoms with Crippen molar-refractivity contribution in [1.82, 2.24) is 20.0 Å². The summed E-state index contributed by atoms with van der Waals surface area (Å²) in [5.74, 6) is 0.277. The van der Waals surface area contributed by atoms with Crippen molar-refractivity contribution in [3.63, 3.8) is 0 Å². The fraction of sp³-hybridized carbons (Fsp3) is 0.667. The lowest BCUT2D eigenvalue weighted by atomic mass is 9.88. The number of piperazine rings is 1. The molecule has 0 bridgehead atoms. The zero-order valence-electron chi connectivity index (χ0n) is 16.5. The summed E-state index contributed by atoms with van der Waals surface area (Å²) in [6, 6.07) is 10.2. The number of aliphatic hydroxyl groups is 1. The fourth-order valence-corrected chi connectivity index (χ4v) is 4.01. The molecule has 0 spiro atoms. The molecule has 1 atom stereocenters. The van der Waals surface area contributed by atoms with Crippen LogP contribution in [0.15, 0.2) is 30.3 Å². The van der Waals surface area contributed by atoms with Gasteiger partial charge < -0.3 is 20.2 Å². The van der Waals surface area contributed by atoms with Gasteiger partial charge in [-0.15, -0.1) is 0 Å². The molecule has 0 aliphatic carbocycles. The third-order valence-corrected chi connectivity index (χ3v) is 5.96. The Morgan fingerprint density at radius 1 is 1.11 bits per heavy atom. The number of carbonyl (C=O) groups excluding carboxylic acids is 1. The number of likely N-dealkylation sites (tertiary alicyclic amines) is 1. The molecule has 2 heterocycles. The summed E-state index contributed by atoms with van der Waals surface area (Å²) in [5.41, 5.74) is 1.18. The van der Waals surface area contributed by atoms with Crippen LogP contribution in [0.1, 0.15) is 18.4 Å². The minimum absolute atomic E-state index is 0.0418. The Morgan fingerprint density at radius 2 is 1.78 bits per heavy atom. The zero-order valence-corrected chi connectivity index (χ0v) is 16.5. The Hall–Kier alpha value is -1.63. The molecule has 2 fully saturated rings. The molecule has 2 aliphatic rings. The molecule has 0 radical (unpaired) electrons. The van der Waals surface area contributed by atoms with E-state index in [2.05, 4.69) is 34.3 Å². The summed E-state index contributed by atoms with van der Waals surface area (Å²) < 4.78 is 0. The first-order valence-electron chi connectivity index (χ1n) is 10.3. The van der Waals surface area contributed by atoms with Crippen LogP contribution in [0, 0.1) is 5.92 Å². The predicted molar refractivity (Wildman–Crippen MR) is 108 cm³/mol. The molecular formula is C21H34N4O2. The summed E-state index contributed by atoms with van der Waals surface area (Å²) in [6.45, 7) is 7.46. The van der Waals surface area contributed by atoms with E-state index < -0.39 is 0 Å². The van der Waals surface area contributed by atoms with Gasteiger partial charge in [-0.05, 0) is 37.8 Å². The highest BCUT2D eigenvalue weighted by Gasteiger charge is 2.27. The minimum atomic E-state index is -0.324. The Kier molecular flexibility index (Phi) is 7.50. The molecule has 2 N–H and O–H groups in total. The van der Waals surface area contributed by atoms with Crippen LogP contribution in [0.25, 0.3) is 0 Å². The second-order valence-corrected chi connectivity index (χ2v) is 7.96. The van der Waals surface area contributed by atoms with E-state index in [0.29, 0.717) is 13.0 Å². The normalized spacial score (nSPS) is 21.2. The molecular weight excluding hydrogens is 340 g/mol. The van der Waals surface area contributed by atoms with Crippen molar-refractivity contribution in [2.45, 2.75) is 25.4 Å². The van der Waals surface area contributed by atoms with E-state index in [1.54, 1.807) is 0 Å². The maximum atomic E-state index is 12.4. The number of aliphatic hydroxyl groups excluding tert-OH is 1. The van der Waals surface area contributed by atoms with E-state index in [0.717, 1.165) is 58.7 Å². The van der Waals surface area contributed by atoms with Crippen LogP contribution in [-0.4, -0.2) is 91.3 Å². The maximum Gasteiger partial charge on any atom is 0.317 e. The van der Waals surface area contributed by atoms with Crippen molar-refractivity contribution in [3.8, 4) is 0 Å². The average molecular weight is 375 g/mol. The van der Waals surface area contributed by atoms with Gasteiger partial charge in [-0.1, -0.05) is 30.3 Å². The van der Waals surface area contributed by atoms with Crippen LogP contribution in [-0.2, 0) is 6.42 Å². The Morgan fingerprint density at radius 3 is 2.44 bits per heavy atom. The van der Waals surface area contributed by atoms with Gasteiger partial charge in [-0.2, -0.15) is 0 Å². The van der Waals surface area contributed by atoms with Gasteiger partial charge in [0.05, 0.1) is 6.10 Å². The summed E-state index contributed by atoms with van der Waals surface area (Å²) >= 11 is 0. The molecule has 2 amide bonds. The molecule has 27 heavy (non-hydrogen) atoms. The van der Waals surface area contributed by atoms with Crippen molar-refractivity contribution in [2.24, 2.45) is 5.92 Å². The molecule has 1 aromatic carbocycles. The zero-order chi connectivity index (χ0) is 19.1. The van der Waals surface area contributed by atoms with E-state index in [4.69, 9.17) is 0 Å². The predicted octanol–water partition coefficient (Wildman–Crippen LogP) is 1.26. The molecule has 6 nitrogen and oxygen atoms in total. The maximum absolute atomic E-state index is 12.4. The van der Waals surface area contributed by atoms with Gasteiger partial charge in [0, 0.05) is 52.4 Å². The Labute approximate surface area is 163 Å². The van der Waals surface area contributed by atoms with Gasteiger partial charge in [0.1, 0.15) is 0 Å². The largest absolute Gasteiger partial charge is 0.392 e. The van der Waals surface area contributed by atoms with Crippen molar-refractivity contribution in [1.29, 1.82) is 0 Å². The lowest BCUT2D eigenvalue weighted by Gasteiger charge is -2.35. The average Bonchev–Trinajstić information content (AvgIpc) is 2.70. The molecule has 6 heteroatoms. The summed E-state index contributed by atoms with van der Waals surface area (Å²) in [7, 11) is 2.15. The SMILES string of the molecule is CN1CCN(CCNC(=O)N2CCC([C@@H](O)Cc3ccccc3)CC2)CC1. The number of hydrogen-bond acceptors (Lipinski definition) is 4. The monoisotopic (exact) mass is 374 g/mol. The van der Waals surface area contributed by atoms with Gasteiger partial charge in [0.15, 0.2) is 0 Å². The molecule has 0 saturated carbocycles. The molecule has 150 valence electrons. The molecule has 0 aromatic heterocycles. The third-order valence-electron chi connectivity index (χ3n) is 5.96. The molecule has 0 unspecified atom stereocenters. The van der Waals surface area contributed by atoms with Crippen LogP contribution < -0.4 is 5.32 Å². The number of urea groups is 1. The van der Waals surface area contributed by atoms with Crippen molar-refractivity contribution in [3.05, 3.63) is 35.9 Å². The van der Waals surface area contributed by atoms with Gasteiger partial charge in [-0.25, -0.2) is 4.79 Å². The number of likely N-dealkylation sites (N-methyl/N-ethyl adjacent to an activating group) is 1. The van der Waals surface area contributed by atoms with Crippen LogP contribution in [0.5, 0.6) is 0 Å². The van der Waals surface area contributed by atoms with Gasteiger partial charge >= 0.3 is 6.03 Å². The highest BCUT2D eigenvalue weighted by atomic mass is 16.3. The van der Waals surface area contributed by atoms with Gasteiger partial charge in [-0.3, -0.25) is 4.90 Å². The first-order chi connectivity index (χ1) is 13.1. The first-order valence-corrected chi connectivity index (χ1v) is 10.3. The quantitative estimate of drug-likeness (QED) is 0.787. The van der Waals surface area contributed by atoms with E-state index in [-0.39, 0.29) is 18.1 Å². The Bertz CT molecular complexity index is 567. The van der Waals surface area contributed by atoms with E-state index >= 15 is 0 Å². The topological polar surface area (TPSA) is 59.0 Å². The standard InChI is InChI=1S/C21H34N4O2/c1-23-13-15-24(16-14-23)12-9-22-21(27)25-10-7-19(8-11-25)20(26)17-18-5-3-2-4-6-18/h2-6,19-20,26H,7-17H2,1H3,(H,22,27)/t20-/m0/s1. The van der Waals surface area contributed by atoms with Crippen LogP contribution >= 0.6 is 0 Å². The number of nitrogens with zero attached hydrogens (tertiary/aromatic N) is 3. The lowest BCUT2D eigenvalue weighted by Crippen LogP contribution is -2.50. The van der Waals surface area contributed by atoms with E-state index in [1.807, 2.05) is 23.1 Å². The second kappa shape index (κ2) is 10.1.